The molecule has 102 valence electrons. The molecule has 0 aromatic heterocycles. The second-order valence-electron chi connectivity index (χ2n) is 5.76. The molecule has 1 aliphatic carbocycles. The number of nitrogens with zero attached hydrogens (tertiary/aromatic N) is 1. The first kappa shape index (κ1) is 12.7. The minimum absolute atomic E-state index is 0.0649. The number of aryl methyl sites for hydroxylation is 1. The lowest BCUT2D eigenvalue weighted by Gasteiger charge is -2.42. The van der Waals surface area contributed by atoms with Gasteiger partial charge in [0.15, 0.2) is 0 Å². The summed E-state index contributed by atoms with van der Waals surface area (Å²) in [5.41, 5.74) is 8.47. The Morgan fingerprint density at radius 3 is 2.84 bits per heavy atom. The third-order valence-corrected chi connectivity index (χ3v) is 4.61. The molecule has 19 heavy (non-hydrogen) atoms. The molecule has 2 aliphatic rings. The second-order valence-corrected chi connectivity index (χ2v) is 5.76. The van der Waals surface area contributed by atoms with Crippen molar-refractivity contribution in [3.05, 3.63) is 35.4 Å². The fraction of sp³-hybridized carbons (Fsp3) is 0.562. The summed E-state index contributed by atoms with van der Waals surface area (Å²) in [4.78, 5) is 14.1. The van der Waals surface area contributed by atoms with E-state index in [-0.39, 0.29) is 11.9 Å². The van der Waals surface area contributed by atoms with Gasteiger partial charge in [0.2, 0.25) is 5.91 Å². The van der Waals surface area contributed by atoms with Gasteiger partial charge in [-0.15, -0.1) is 0 Å². The maximum atomic E-state index is 11.7. The van der Waals surface area contributed by atoms with Crippen LogP contribution < -0.4 is 5.73 Å². The first-order valence-corrected chi connectivity index (χ1v) is 7.40. The van der Waals surface area contributed by atoms with Gasteiger partial charge in [0.1, 0.15) is 0 Å². The van der Waals surface area contributed by atoms with Crippen molar-refractivity contribution in [2.45, 2.75) is 50.6 Å². The Labute approximate surface area is 114 Å². The van der Waals surface area contributed by atoms with Crippen molar-refractivity contribution in [3.8, 4) is 0 Å². The van der Waals surface area contributed by atoms with Crippen LogP contribution in [0.1, 0.15) is 49.3 Å². The van der Waals surface area contributed by atoms with Crippen molar-refractivity contribution in [1.82, 2.24) is 4.90 Å². The van der Waals surface area contributed by atoms with Crippen LogP contribution in [0.15, 0.2) is 24.3 Å². The molecule has 2 N–H and O–H groups in total. The van der Waals surface area contributed by atoms with Gasteiger partial charge in [0, 0.05) is 6.04 Å². The summed E-state index contributed by atoms with van der Waals surface area (Å²) in [6, 6.07) is 9.01. The Bertz CT molecular complexity index is 472. The molecule has 0 spiro atoms. The SMILES string of the molecule is NC(=O)C1CCCCN1C1CCCc2ccccc21. The van der Waals surface area contributed by atoms with Crippen LogP contribution >= 0.6 is 0 Å². The van der Waals surface area contributed by atoms with Gasteiger partial charge in [-0.25, -0.2) is 0 Å². The molecule has 1 saturated heterocycles. The third-order valence-electron chi connectivity index (χ3n) is 4.61. The van der Waals surface area contributed by atoms with Crippen LogP contribution in [0.5, 0.6) is 0 Å². The monoisotopic (exact) mass is 258 g/mol. The largest absolute Gasteiger partial charge is 0.368 e. The summed E-state index contributed by atoms with van der Waals surface area (Å²) in [7, 11) is 0. The zero-order valence-electron chi connectivity index (χ0n) is 11.3. The highest BCUT2D eigenvalue weighted by Gasteiger charge is 2.34. The van der Waals surface area contributed by atoms with Crippen molar-refractivity contribution < 1.29 is 4.79 Å². The predicted octanol–water partition coefficient (Wildman–Crippen LogP) is 2.40. The molecule has 2 unspecified atom stereocenters. The summed E-state index contributed by atoms with van der Waals surface area (Å²) in [5.74, 6) is -0.150. The molecule has 1 fully saturated rings. The van der Waals surface area contributed by atoms with Gasteiger partial charge in [-0.2, -0.15) is 0 Å². The van der Waals surface area contributed by atoms with E-state index in [4.69, 9.17) is 5.73 Å². The van der Waals surface area contributed by atoms with Gasteiger partial charge < -0.3 is 5.73 Å². The van der Waals surface area contributed by atoms with Crippen LogP contribution in [-0.4, -0.2) is 23.4 Å². The predicted molar refractivity (Wildman–Crippen MR) is 75.7 cm³/mol. The molecule has 1 heterocycles. The number of carbonyl (C=O) groups excluding carboxylic acids is 1. The molecule has 3 nitrogen and oxygen atoms in total. The topological polar surface area (TPSA) is 46.3 Å². The number of carbonyl (C=O) groups is 1. The average molecular weight is 258 g/mol. The maximum Gasteiger partial charge on any atom is 0.234 e. The Morgan fingerprint density at radius 2 is 2.00 bits per heavy atom. The average Bonchev–Trinajstić information content (AvgIpc) is 2.46. The van der Waals surface area contributed by atoms with Gasteiger partial charge in [0.05, 0.1) is 6.04 Å². The van der Waals surface area contributed by atoms with Crippen LogP contribution in [0.3, 0.4) is 0 Å². The molecular weight excluding hydrogens is 236 g/mol. The van der Waals surface area contributed by atoms with E-state index in [2.05, 4.69) is 29.2 Å². The van der Waals surface area contributed by atoms with Crippen LogP contribution in [0, 0.1) is 0 Å². The lowest BCUT2D eigenvalue weighted by atomic mass is 9.84. The highest BCUT2D eigenvalue weighted by atomic mass is 16.1. The molecule has 0 saturated carbocycles. The Balaban J connectivity index is 1.91. The lowest BCUT2D eigenvalue weighted by Crippen LogP contribution is -2.49. The van der Waals surface area contributed by atoms with E-state index in [1.807, 2.05) is 0 Å². The van der Waals surface area contributed by atoms with Gasteiger partial charge in [-0.1, -0.05) is 30.7 Å². The summed E-state index contributed by atoms with van der Waals surface area (Å²) >= 11 is 0. The smallest absolute Gasteiger partial charge is 0.234 e. The van der Waals surface area contributed by atoms with Crippen LogP contribution in [0.25, 0.3) is 0 Å². The van der Waals surface area contributed by atoms with Gasteiger partial charge in [-0.05, 0) is 49.8 Å². The van der Waals surface area contributed by atoms with Gasteiger partial charge in [0.25, 0.3) is 0 Å². The number of likely N-dealkylation sites (tertiary alicyclic amines) is 1. The number of hydrogen-bond acceptors (Lipinski definition) is 2. The highest BCUT2D eigenvalue weighted by Crippen LogP contribution is 2.37. The zero-order chi connectivity index (χ0) is 13.2. The number of fused-ring (bicyclic) bond motifs is 1. The first-order chi connectivity index (χ1) is 9.27. The van der Waals surface area contributed by atoms with E-state index < -0.39 is 0 Å². The Morgan fingerprint density at radius 1 is 1.16 bits per heavy atom. The second kappa shape index (κ2) is 5.33. The van der Waals surface area contributed by atoms with Gasteiger partial charge >= 0.3 is 0 Å². The minimum atomic E-state index is -0.150. The van der Waals surface area contributed by atoms with Crippen molar-refractivity contribution in [1.29, 1.82) is 0 Å². The number of rotatable bonds is 2. The molecule has 1 amide bonds. The van der Waals surface area contributed by atoms with E-state index in [1.165, 1.54) is 30.4 Å². The maximum absolute atomic E-state index is 11.7. The number of amides is 1. The van der Waals surface area contributed by atoms with E-state index in [1.54, 1.807) is 0 Å². The molecule has 3 heteroatoms. The normalized spacial score (nSPS) is 27.8. The third kappa shape index (κ3) is 2.39. The summed E-state index contributed by atoms with van der Waals surface area (Å²) in [6.07, 6.45) is 6.77. The van der Waals surface area contributed by atoms with E-state index >= 15 is 0 Å². The molecule has 1 aromatic carbocycles. The fourth-order valence-electron chi connectivity index (χ4n) is 3.71. The Hall–Kier alpha value is -1.35. The summed E-state index contributed by atoms with van der Waals surface area (Å²) in [6.45, 7) is 1.01. The van der Waals surface area contributed by atoms with Crippen molar-refractivity contribution in [2.75, 3.05) is 6.54 Å². The molecule has 3 rings (SSSR count). The quantitative estimate of drug-likeness (QED) is 0.885. The number of primary amides is 1. The lowest BCUT2D eigenvalue weighted by molar-refractivity contribution is -0.125. The van der Waals surface area contributed by atoms with E-state index in [9.17, 15) is 4.79 Å². The summed E-state index contributed by atoms with van der Waals surface area (Å²) < 4.78 is 0. The number of nitrogens with two attached hydrogens (primary N) is 1. The number of hydrogen-bond donors (Lipinski definition) is 1. The molecule has 1 aromatic rings. The number of benzene rings is 1. The molecule has 1 aliphatic heterocycles. The van der Waals surface area contributed by atoms with Crippen molar-refractivity contribution in [2.24, 2.45) is 5.73 Å². The molecule has 0 radical (unpaired) electrons. The first-order valence-electron chi connectivity index (χ1n) is 7.40. The van der Waals surface area contributed by atoms with E-state index in [0.29, 0.717) is 6.04 Å². The minimum Gasteiger partial charge on any atom is -0.368 e. The fourth-order valence-corrected chi connectivity index (χ4v) is 3.71. The molecule has 2 atom stereocenters. The molecular formula is C16H22N2O. The van der Waals surface area contributed by atoms with Gasteiger partial charge in [-0.3, -0.25) is 9.69 Å². The zero-order valence-corrected chi connectivity index (χ0v) is 11.3. The standard InChI is InChI=1S/C16H22N2O/c17-16(19)15-9-3-4-11-18(15)14-10-5-7-12-6-1-2-8-13(12)14/h1-2,6,8,14-15H,3-5,7,9-11H2,(H2,17,19). The highest BCUT2D eigenvalue weighted by molar-refractivity contribution is 5.80. The van der Waals surface area contributed by atoms with Crippen LogP contribution in [-0.2, 0) is 11.2 Å². The van der Waals surface area contributed by atoms with Crippen molar-refractivity contribution >= 4 is 5.91 Å². The molecule has 0 bridgehead atoms. The summed E-state index contributed by atoms with van der Waals surface area (Å²) in [5, 5.41) is 0. The van der Waals surface area contributed by atoms with E-state index in [0.717, 1.165) is 25.8 Å². The Kier molecular flexibility index (Phi) is 3.56. The van der Waals surface area contributed by atoms with Crippen LogP contribution in [0.2, 0.25) is 0 Å². The van der Waals surface area contributed by atoms with Crippen LogP contribution in [0.4, 0.5) is 0 Å². The number of piperidine rings is 1. The van der Waals surface area contributed by atoms with Crippen molar-refractivity contribution in [3.63, 3.8) is 0 Å².